The first-order chi connectivity index (χ1) is 6.41. The van der Waals surface area contributed by atoms with E-state index in [1.807, 2.05) is 6.92 Å². The number of esters is 1. The number of carbonyl (C=O) groups excluding carboxylic acids is 1. The van der Waals surface area contributed by atoms with E-state index in [0.29, 0.717) is 11.3 Å². The van der Waals surface area contributed by atoms with Crippen LogP contribution in [0.2, 0.25) is 0 Å². The van der Waals surface area contributed by atoms with Crippen molar-refractivity contribution in [3.8, 4) is 0 Å². The summed E-state index contributed by atoms with van der Waals surface area (Å²) < 4.78 is 5.24. The Hall–Kier alpha value is -0.530. The number of hydrogen-bond donors (Lipinski definition) is 0. The molecule has 0 radical (unpaired) electrons. The van der Waals surface area contributed by atoms with Crippen LogP contribution in [0.15, 0.2) is 0 Å². The quantitative estimate of drug-likeness (QED) is 0.637. The Kier molecular flexibility index (Phi) is 3.57. The summed E-state index contributed by atoms with van der Waals surface area (Å²) >= 11 is 0. The molecule has 0 N–H and O–H groups in total. The van der Waals surface area contributed by atoms with Gasteiger partial charge < -0.3 is 4.74 Å². The van der Waals surface area contributed by atoms with Crippen LogP contribution in [-0.4, -0.2) is 12.1 Å². The molecule has 1 saturated carbocycles. The highest BCUT2D eigenvalue weighted by molar-refractivity contribution is 5.66. The van der Waals surface area contributed by atoms with Crippen LogP contribution in [0.1, 0.15) is 53.4 Å². The van der Waals surface area contributed by atoms with Gasteiger partial charge in [0, 0.05) is 6.92 Å². The monoisotopic (exact) mass is 198 g/mol. The molecule has 1 aliphatic carbocycles. The van der Waals surface area contributed by atoms with Crippen molar-refractivity contribution in [3.05, 3.63) is 0 Å². The van der Waals surface area contributed by atoms with Crippen molar-refractivity contribution in [3.63, 3.8) is 0 Å². The first kappa shape index (κ1) is 11.5. The molecule has 0 spiro atoms. The van der Waals surface area contributed by atoms with Crippen LogP contribution in [-0.2, 0) is 9.53 Å². The van der Waals surface area contributed by atoms with Gasteiger partial charge >= 0.3 is 5.97 Å². The molecule has 14 heavy (non-hydrogen) atoms. The zero-order valence-electron chi connectivity index (χ0n) is 9.80. The summed E-state index contributed by atoms with van der Waals surface area (Å²) in [6, 6.07) is 0. The highest BCUT2D eigenvalue weighted by Gasteiger charge is 2.31. The van der Waals surface area contributed by atoms with Gasteiger partial charge in [0.05, 0.1) is 0 Å². The average molecular weight is 198 g/mol. The zero-order valence-corrected chi connectivity index (χ0v) is 9.80. The summed E-state index contributed by atoms with van der Waals surface area (Å²) in [6.07, 6.45) is 5.05. The smallest absolute Gasteiger partial charge is 0.302 e. The highest BCUT2D eigenvalue weighted by Crippen LogP contribution is 2.40. The highest BCUT2D eigenvalue weighted by atomic mass is 16.5. The molecule has 0 aliphatic heterocycles. The van der Waals surface area contributed by atoms with Gasteiger partial charge in [-0.1, -0.05) is 20.3 Å². The van der Waals surface area contributed by atoms with E-state index in [1.54, 1.807) is 0 Å². The van der Waals surface area contributed by atoms with Crippen LogP contribution < -0.4 is 0 Å². The summed E-state index contributed by atoms with van der Waals surface area (Å²) in [5, 5.41) is 0. The Bertz CT molecular complexity index is 208. The maximum absolute atomic E-state index is 10.8. The minimum Gasteiger partial charge on any atom is -0.463 e. The summed E-state index contributed by atoms with van der Waals surface area (Å²) in [4.78, 5) is 10.8. The van der Waals surface area contributed by atoms with Crippen LogP contribution in [0.3, 0.4) is 0 Å². The molecule has 0 aromatic heterocycles. The minimum atomic E-state index is -0.152. The van der Waals surface area contributed by atoms with Crippen molar-refractivity contribution in [1.29, 1.82) is 0 Å². The number of ether oxygens (including phenoxy) is 1. The largest absolute Gasteiger partial charge is 0.463 e. The van der Waals surface area contributed by atoms with Crippen LogP contribution in [0, 0.1) is 11.3 Å². The molecule has 1 aliphatic rings. The number of hydrogen-bond acceptors (Lipinski definition) is 2. The number of carbonyl (C=O) groups is 1. The third kappa shape index (κ3) is 3.32. The molecular formula is C12H22O2. The molecule has 0 unspecified atom stereocenters. The second-order valence-electron chi connectivity index (χ2n) is 5.34. The summed E-state index contributed by atoms with van der Waals surface area (Å²) in [7, 11) is 0. The topological polar surface area (TPSA) is 26.3 Å². The second kappa shape index (κ2) is 4.33. The third-order valence-corrected chi connectivity index (χ3v) is 3.26. The molecule has 2 nitrogen and oxygen atoms in total. The molecule has 0 heterocycles. The number of rotatable bonds is 2. The molecule has 0 bridgehead atoms. The molecule has 0 aromatic carbocycles. The minimum absolute atomic E-state index is 0.0899. The predicted octanol–water partition coefficient (Wildman–Crippen LogP) is 3.15. The summed E-state index contributed by atoms with van der Waals surface area (Å²) in [5.41, 5.74) is 0.428. The van der Waals surface area contributed by atoms with Gasteiger partial charge in [-0.3, -0.25) is 4.79 Å². The Morgan fingerprint density at radius 3 is 2.64 bits per heavy atom. The van der Waals surface area contributed by atoms with E-state index in [0.717, 1.165) is 0 Å². The van der Waals surface area contributed by atoms with E-state index in [9.17, 15) is 4.79 Å². The molecule has 0 saturated heterocycles. The Morgan fingerprint density at radius 2 is 2.14 bits per heavy atom. The summed E-state index contributed by atoms with van der Waals surface area (Å²) in [6.45, 7) is 8.12. The van der Waals surface area contributed by atoms with Crippen molar-refractivity contribution in [1.82, 2.24) is 0 Å². The van der Waals surface area contributed by atoms with Gasteiger partial charge in [0.25, 0.3) is 0 Å². The predicted molar refractivity (Wildman–Crippen MR) is 57.0 cm³/mol. The van der Waals surface area contributed by atoms with Crippen molar-refractivity contribution < 1.29 is 9.53 Å². The van der Waals surface area contributed by atoms with Crippen LogP contribution in [0.5, 0.6) is 0 Å². The molecule has 1 rings (SSSR count). The fourth-order valence-electron chi connectivity index (χ4n) is 2.52. The van der Waals surface area contributed by atoms with Gasteiger partial charge in [0.1, 0.15) is 6.10 Å². The van der Waals surface area contributed by atoms with E-state index < -0.39 is 0 Å². The van der Waals surface area contributed by atoms with E-state index in [4.69, 9.17) is 4.74 Å². The average Bonchev–Trinajstić information content (AvgIpc) is 2.01. The molecule has 2 heteroatoms. The van der Waals surface area contributed by atoms with Crippen molar-refractivity contribution in [2.75, 3.05) is 0 Å². The molecule has 82 valence electrons. The van der Waals surface area contributed by atoms with Gasteiger partial charge in [-0.05, 0) is 37.5 Å². The van der Waals surface area contributed by atoms with Gasteiger partial charge in [0.2, 0.25) is 0 Å². The lowest BCUT2D eigenvalue weighted by Gasteiger charge is -2.37. The lowest BCUT2D eigenvalue weighted by Crippen LogP contribution is -2.31. The molecule has 0 amide bonds. The van der Waals surface area contributed by atoms with Crippen LogP contribution in [0.25, 0.3) is 0 Å². The molecular weight excluding hydrogens is 176 g/mol. The maximum atomic E-state index is 10.8. The molecule has 2 atom stereocenters. The first-order valence-corrected chi connectivity index (χ1v) is 5.58. The van der Waals surface area contributed by atoms with Gasteiger partial charge in [0.15, 0.2) is 0 Å². The van der Waals surface area contributed by atoms with Crippen molar-refractivity contribution in [2.45, 2.75) is 59.5 Å². The third-order valence-electron chi connectivity index (χ3n) is 3.26. The molecule has 0 aromatic rings. The first-order valence-electron chi connectivity index (χ1n) is 5.58. The Morgan fingerprint density at radius 1 is 1.50 bits per heavy atom. The lowest BCUT2D eigenvalue weighted by atomic mass is 9.71. The van der Waals surface area contributed by atoms with Crippen LogP contribution >= 0.6 is 0 Å². The van der Waals surface area contributed by atoms with Gasteiger partial charge in [-0.25, -0.2) is 0 Å². The van der Waals surface area contributed by atoms with E-state index in [2.05, 4.69) is 13.8 Å². The Labute approximate surface area is 87.0 Å². The van der Waals surface area contributed by atoms with Crippen LogP contribution in [0.4, 0.5) is 0 Å². The molecule has 1 fully saturated rings. The SMILES string of the molecule is CC(=O)O[C@H](C)[C@@H]1CCCC(C)(C)C1. The van der Waals surface area contributed by atoms with E-state index >= 15 is 0 Å². The van der Waals surface area contributed by atoms with E-state index in [1.165, 1.54) is 32.6 Å². The van der Waals surface area contributed by atoms with Gasteiger partial charge in [-0.2, -0.15) is 0 Å². The fourth-order valence-corrected chi connectivity index (χ4v) is 2.52. The van der Waals surface area contributed by atoms with Crippen molar-refractivity contribution >= 4 is 5.97 Å². The second-order valence-corrected chi connectivity index (χ2v) is 5.34. The standard InChI is InChI=1S/C12H22O2/c1-9(14-10(2)13)11-6-5-7-12(3,4)8-11/h9,11H,5-8H2,1-4H3/t9-,11-/m1/s1. The normalized spacial score (nSPS) is 28.1. The summed E-state index contributed by atoms with van der Waals surface area (Å²) in [5.74, 6) is 0.406. The maximum Gasteiger partial charge on any atom is 0.302 e. The lowest BCUT2D eigenvalue weighted by molar-refractivity contribution is -0.149. The van der Waals surface area contributed by atoms with Crippen molar-refractivity contribution in [2.24, 2.45) is 11.3 Å². The Balaban J connectivity index is 2.47. The zero-order chi connectivity index (χ0) is 10.8. The fraction of sp³-hybridized carbons (Fsp3) is 0.917. The van der Waals surface area contributed by atoms with E-state index in [-0.39, 0.29) is 12.1 Å². The van der Waals surface area contributed by atoms with Gasteiger partial charge in [-0.15, -0.1) is 0 Å².